The average molecular weight is 327 g/mol. The number of benzene rings is 2. The zero-order valence-electron chi connectivity index (χ0n) is 11.9. The van der Waals surface area contributed by atoms with Crippen LogP contribution in [0.5, 0.6) is 0 Å². The third-order valence-electron chi connectivity index (χ3n) is 3.03. The Bertz CT molecular complexity index is 575. The molecule has 0 unspecified atom stereocenters. The maximum absolute atomic E-state index is 3.33. The third-order valence-corrected chi connectivity index (χ3v) is 5.32. The van der Waals surface area contributed by atoms with Crippen LogP contribution in [0.2, 0.25) is 5.32 Å². The Balaban J connectivity index is 2.06. The Morgan fingerprint density at radius 1 is 0.900 bits per heavy atom. The molecule has 102 valence electrons. The predicted molar refractivity (Wildman–Crippen MR) is 88.0 cm³/mol. The fourth-order valence-corrected chi connectivity index (χ4v) is 4.18. The molecule has 2 aromatic carbocycles. The Morgan fingerprint density at radius 3 is 2.45 bits per heavy atom. The molecule has 0 nitrogen and oxygen atoms in total. The normalized spacial score (nSPS) is 9.85. The molecular weight excluding hydrogens is 307 g/mol. The molecule has 0 saturated heterocycles. The SMILES string of the molecule is CCCC[Se]Cc1ccccc1C#Cc1ccccc1. The van der Waals surface area contributed by atoms with Gasteiger partial charge in [-0.15, -0.1) is 0 Å². The summed E-state index contributed by atoms with van der Waals surface area (Å²) in [6.45, 7) is 2.26. The first kappa shape index (κ1) is 14.9. The fourth-order valence-electron chi connectivity index (χ4n) is 1.86. The molecule has 2 aromatic rings. The van der Waals surface area contributed by atoms with Crippen molar-refractivity contribution in [1.29, 1.82) is 0 Å². The van der Waals surface area contributed by atoms with E-state index < -0.39 is 0 Å². The molecular formula is C19H20Se. The molecule has 0 atom stereocenters. The molecule has 20 heavy (non-hydrogen) atoms. The van der Waals surface area contributed by atoms with E-state index in [9.17, 15) is 0 Å². The van der Waals surface area contributed by atoms with Crippen LogP contribution in [0.4, 0.5) is 0 Å². The van der Waals surface area contributed by atoms with Gasteiger partial charge in [0.05, 0.1) is 0 Å². The van der Waals surface area contributed by atoms with E-state index in [2.05, 4.69) is 55.2 Å². The molecule has 0 radical (unpaired) electrons. The molecule has 0 aromatic heterocycles. The molecule has 1 heteroatoms. The van der Waals surface area contributed by atoms with Gasteiger partial charge in [0.2, 0.25) is 0 Å². The minimum atomic E-state index is 0.709. The molecule has 0 aliphatic rings. The second kappa shape index (κ2) is 8.64. The quantitative estimate of drug-likeness (QED) is 0.431. The summed E-state index contributed by atoms with van der Waals surface area (Å²) in [6, 6.07) is 18.8. The molecule has 0 amide bonds. The molecule has 0 bridgehead atoms. The average Bonchev–Trinajstić information content (AvgIpc) is 2.51. The van der Waals surface area contributed by atoms with Crippen LogP contribution in [0.3, 0.4) is 0 Å². The van der Waals surface area contributed by atoms with E-state index in [1.54, 1.807) is 0 Å². The van der Waals surface area contributed by atoms with Crippen LogP contribution in [-0.2, 0) is 5.32 Å². The van der Waals surface area contributed by atoms with Crippen molar-refractivity contribution in [3.05, 3.63) is 71.3 Å². The summed E-state index contributed by atoms with van der Waals surface area (Å²) in [5.74, 6) is 6.59. The van der Waals surface area contributed by atoms with Crippen LogP contribution in [0.25, 0.3) is 0 Å². The van der Waals surface area contributed by atoms with E-state index in [0.29, 0.717) is 15.0 Å². The van der Waals surface area contributed by atoms with Crippen molar-refractivity contribution in [2.75, 3.05) is 0 Å². The molecule has 0 heterocycles. The van der Waals surface area contributed by atoms with Crippen molar-refractivity contribution in [3.63, 3.8) is 0 Å². The van der Waals surface area contributed by atoms with Crippen molar-refractivity contribution >= 4 is 15.0 Å². The van der Waals surface area contributed by atoms with Crippen molar-refractivity contribution in [2.24, 2.45) is 0 Å². The first-order chi connectivity index (χ1) is 9.90. The van der Waals surface area contributed by atoms with Gasteiger partial charge in [-0.05, 0) is 0 Å². The molecule has 2 rings (SSSR count). The summed E-state index contributed by atoms with van der Waals surface area (Å²) >= 11 is 0.709. The summed E-state index contributed by atoms with van der Waals surface area (Å²) in [5.41, 5.74) is 3.68. The zero-order chi connectivity index (χ0) is 14.0. The Labute approximate surface area is 128 Å². The van der Waals surface area contributed by atoms with E-state index in [0.717, 1.165) is 5.56 Å². The minimum absolute atomic E-state index is 0.709. The van der Waals surface area contributed by atoms with Crippen LogP contribution in [0.15, 0.2) is 54.6 Å². The monoisotopic (exact) mass is 328 g/mol. The van der Waals surface area contributed by atoms with Crippen LogP contribution < -0.4 is 0 Å². The van der Waals surface area contributed by atoms with Gasteiger partial charge in [0.25, 0.3) is 0 Å². The molecule has 0 N–H and O–H groups in total. The standard InChI is InChI=1S/C19H20Se/c1-2-3-15-20-16-19-12-8-7-11-18(19)14-13-17-9-5-4-6-10-17/h4-12H,2-3,15-16H2,1H3. The van der Waals surface area contributed by atoms with Crippen LogP contribution >= 0.6 is 0 Å². The molecule has 0 aliphatic carbocycles. The van der Waals surface area contributed by atoms with E-state index >= 15 is 0 Å². The molecule has 0 saturated carbocycles. The van der Waals surface area contributed by atoms with Crippen molar-refractivity contribution in [2.45, 2.75) is 30.4 Å². The maximum atomic E-state index is 3.33. The summed E-state index contributed by atoms with van der Waals surface area (Å²) in [7, 11) is 0. The number of hydrogen-bond donors (Lipinski definition) is 0. The summed E-state index contributed by atoms with van der Waals surface area (Å²) < 4.78 is 0. The van der Waals surface area contributed by atoms with E-state index in [4.69, 9.17) is 0 Å². The van der Waals surface area contributed by atoms with E-state index in [1.807, 2.05) is 18.2 Å². The van der Waals surface area contributed by atoms with Gasteiger partial charge in [-0.2, -0.15) is 0 Å². The van der Waals surface area contributed by atoms with Crippen molar-refractivity contribution in [1.82, 2.24) is 0 Å². The van der Waals surface area contributed by atoms with Crippen LogP contribution in [0.1, 0.15) is 36.5 Å². The molecule has 0 aliphatic heterocycles. The van der Waals surface area contributed by atoms with Gasteiger partial charge in [-0.3, -0.25) is 0 Å². The topological polar surface area (TPSA) is 0 Å². The van der Waals surface area contributed by atoms with Gasteiger partial charge >= 0.3 is 128 Å². The van der Waals surface area contributed by atoms with Crippen LogP contribution in [0, 0.1) is 11.8 Å². The van der Waals surface area contributed by atoms with Gasteiger partial charge in [-0.25, -0.2) is 0 Å². The third kappa shape index (κ3) is 4.89. The van der Waals surface area contributed by atoms with E-state index in [1.165, 1.54) is 34.6 Å². The first-order valence-corrected chi connectivity index (χ1v) is 9.55. The Hall–Kier alpha value is -1.48. The predicted octanol–water partition coefficient (Wildman–Crippen LogP) is 4.51. The fraction of sp³-hybridized carbons (Fsp3) is 0.263. The number of hydrogen-bond acceptors (Lipinski definition) is 0. The Kier molecular flexibility index (Phi) is 6.45. The molecule has 0 fully saturated rings. The van der Waals surface area contributed by atoms with Crippen molar-refractivity contribution < 1.29 is 0 Å². The van der Waals surface area contributed by atoms with Gasteiger partial charge in [-0.1, -0.05) is 0 Å². The van der Waals surface area contributed by atoms with Gasteiger partial charge in [0, 0.05) is 0 Å². The first-order valence-electron chi connectivity index (χ1n) is 7.13. The second-order valence-corrected chi connectivity index (χ2v) is 7.00. The van der Waals surface area contributed by atoms with Crippen LogP contribution in [-0.4, -0.2) is 15.0 Å². The second-order valence-electron chi connectivity index (χ2n) is 4.68. The Morgan fingerprint density at radius 2 is 1.65 bits per heavy atom. The molecule has 0 spiro atoms. The van der Waals surface area contributed by atoms with Gasteiger partial charge in [0.15, 0.2) is 0 Å². The van der Waals surface area contributed by atoms with Gasteiger partial charge in [0.1, 0.15) is 0 Å². The number of unbranched alkanes of at least 4 members (excludes halogenated alkanes) is 1. The summed E-state index contributed by atoms with van der Waals surface area (Å²) in [5, 5.41) is 2.58. The summed E-state index contributed by atoms with van der Waals surface area (Å²) in [4.78, 5) is 0. The number of rotatable bonds is 5. The van der Waals surface area contributed by atoms with E-state index in [-0.39, 0.29) is 0 Å². The van der Waals surface area contributed by atoms with Gasteiger partial charge < -0.3 is 0 Å². The summed E-state index contributed by atoms with van der Waals surface area (Å²) in [6.07, 6.45) is 2.66. The van der Waals surface area contributed by atoms with Crippen molar-refractivity contribution in [3.8, 4) is 11.8 Å². The zero-order valence-corrected chi connectivity index (χ0v) is 13.6.